The Balaban J connectivity index is 1.56. The van der Waals surface area contributed by atoms with Crippen molar-refractivity contribution in [3.05, 3.63) is 23.8 Å². The fourth-order valence-corrected chi connectivity index (χ4v) is 5.13. The Morgan fingerprint density at radius 1 is 1.11 bits per heavy atom. The van der Waals surface area contributed by atoms with Gasteiger partial charge in [0.25, 0.3) is 5.91 Å². The number of hydroxylamine groups is 2. The van der Waals surface area contributed by atoms with Crippen molar-refractivity contribution in [2.75, 3.05) is 46.2 Å². The first-order valence-electron chi connectivity index (χ1n) is 12.5. The number of carboxylic acid groups (broad SMARTS) is 1. The maximum absolute atomic E-state index is 13.2. The number of hydrogen-bond donors (Lipinski definition) is 1. The molecule has 35 heavy (non-hydrogen) atoms. The summed E-state index contributed by atoms with van der Waals surface area (Å²) in [7, 11) is 0. The number of benzene rings is 1. The van der Waals surface area contributed by atoms with Crippen molar-refractivity contribution < 1.29 is 38.5 Å². The standard InChI is InChI=1S/C25H36N2O8/c1-3-9-27(35-10-4-2)22(28)15-26-14-18(17-5-7-20-21(13-17)34-16-33-20)24(25(29)30)19(26)6-8-23-31-11-12-32-23/h5,7,13,18-19,23-24H,3-4,6,8-12,14-16H2,1-2H3,(H,29,30)/t18-,19+,24?/m1/s1. The molecular formula is C25H36N2O8. The van der Waals surface area contributed by atoms with Crippen LogP contribution in [0, 0.1) is 5.92 Å². The topological polar surface area (TPSA) is 107 Å². The number of fused-ring (bicyclic) bond motifs is 1. The van der Waals surface area contributed by atoms with E-state index in [2.05, 4.69) is 0 Å². The summed E-state index contributed by atoms with van der Waals surface area (Å²) in [5.74, 6) is -0.765. The van der Waals surface area contributed by atoms with Crippen LogP contribution in [0.4, 0.5) is 0 Å². The molecule has 3 aliphatic rings. The van der Waals surface area contributed by atoms with Gasteiger partial charge in [-0.05, 0) is 43.4 Å². The van der Waals surface area contributed by atoms with Crippen LogP contribution >= 0.6 is 0 Å². The molecule has 0 saturated carbocycles. The molecule has 0 spiro atoms. The van der Waals surface area contributed by atoms with Gasteiger partial charge in [0.1, 0.15) is 0 Å². The first-order chi connectivity index (χ1) is 17.0. The predicted octanol–water partition coefficient (Wildman–Crippen LogP) is 2.62. The smallest absolute Gasteiger partial charge is 0.308 e. The summed E-state index contributed by atoms with van der Waals surface area (Å²) >= 11 is 0. The molecule has 0 aromatic heterocycles. The van der Waals surface area contributed by atoms with Gasteiger partial charge in [-0.3, -0.25) is 19.3 Å². The molecule has 10 nitrogen and oxygen atoms in total. The minimum atomic E-state index is -0.881. The second kappa shape index (κ2) is 12.0. The number of carbonyl (C=O) groups is 2. The van der Waals surface area contributed by atoms with Gasteiger partial charge in [-0.2, -0.15) is 0 Å². The molecule has 1 aromatic rings. The van der Waals surface area contributed by atoms with Gasteiger partial charge in [0.2, 0.25) is 6.79 Å². The van der Waals surface area contributed by atoms with Gasteiger partial charge in [-0.15, -0.1) is 0 Å². The largest absolute Gasteiger partial charge is 0.481 e. The molecule has 0 bridgehead atoms. The van der Waals surface area contributed by atoms with Crippen LogP contribution in [0.3, 0.4) is 0 Å². The second-order valence-electron chi connectivity index (χ2n) is 9.16. The molecule has 4 rings (SSSR count). The molecule has 1 amide bonds. The number of nitrogens with zero attached hydrogens (tertiary/aromatic N) is 2. The van der Waals surface area contributed by atoms with Crippen LogP contribution in [0.25, 0.3) is 0 Å². The Morgan fingerprint density at radius 2 is 1.89 bits per heavy atom. The molecule has 0 radical (unpaired) electrons. The minimum Gasteiger partial charge on any atom is -0.481 e. The maximum Gasteiger partial charge on any atom is 0.308 e. The zero-order valence-electron chi connectivity index (χ0n) is 20.5. The molecule has 10 heteroatoms. The van der Waals surface area contributed by atoms with Crippen LogP contribution in [0.1, 0.15) is 51.0 Å². The molecule has 1 N–H and O–H groups in total. The second-order valence-corrected chi connectivity index (χ2v) is 9.16. The predicted molar refractivity (Wildman–Crippen MR) is 125 cm³/mol. The average Bonchev–Trinajstić information content (AvgIpc) is 3.59. The molecule has 0 aliphatic carbocycles. The summed E-state index contributed by atoms with van der Waals surface area (Å²) in [4.78, 5) is 33.4. The van der Waals surface area contributed by atoms with Gasteiger partial charge in [0.05, 0.1) is 32.3 Å². The van der Waals surface area contributed by atoms with Crippen molar-refractivity contribution in [2.24, 2.45) is 5.92 Å². The highest BCUT2D eigenvalue weighted by molar-refractivity contribution is 5.78. The van der Waals surface area contributed by atoms with Crippen LogP contribution in [0.15, 0.2) is 18.2 Å². The SMILES string of the molecule is CCCON(CCC)C(=O)CN1C[C@H](c2ccc3c(c2)OCO3)C(C(=O)O)[C@@H]1CCC1OCCO1. The minimum absolute atomic E-state index is 0.0889. The van der Waals surface area contributed by atoms with Crippen LogP contribution in [0.5, 0.6) is 11.5 Å². The number of carboxylic acids is 1. The Morgan fingerprint density at radius 3 is 2.60 bits per heavy atom. The van der Waals surface area contributed by atoms with Crippen molar-refractivity contribution in [3.8, 4) is 11.5 Å². The summed E-state index contributed by atoms with van der Waals surface area (Å²) in [6.45, 7) is 6.71. The van der Waals surface area contributed by atoms with E-state index in [-0.39, 0.29) is 37.5 Å². The first kappa shape index (κ1) is 25.7. The lowest BCUT2D eigenvalue weighted by Gasteiger charge is -2.29. The Kier molecular flexibility index (Phi) is 8.83. The van der Waals surface area contributed by atoms with Gasteiger partial charge in [0.15, 0.2) is 17.8 Å². The van der Waals surface area contributed by atoms with E-state index in [0.29, 0.717) is 57.3 Å². The molecule has 2 saturated heterocycles. The fraction of sp³-hybridized carbons (Fsp3) is 0.680. The third kappa shape index (κ3) is 6.06. The van der Waals surface area contributed by atoms with Crippen LogP contribution in [0.2, 0.25) is 0 Å². The fourth-order valence-electron chi connectivity index (χ4n) is 5.13. The molecule has 194 valence electrons. The zero-order valence-corrected chi connectivity index (χ0v) is 20.5. The van der Waals surface area contributed by atoms with Gasteiger partial charge in [0, 0.05) is 25.0 Å². The van der Waals surface area contributed by atoms with E-state index in [1.807, 2.05) is 36.9 Å². The van der Waals surface area contributed by atoms with Crippen molar-refractivity contribution in [1.29, 1.82) is 0 Å². The van der Waals surface area contributed by atoms with Crippen LogP contribution in [-0.2, 0) is 23.9 Å². The number of aliphatic carboxylic acids is 1. The van der Waals surface area contributed by atoms with Crippen molar-refractivity contribution >= 4 is 11.9 Å². The molecule has 2 fully saturated rings. The molecule has 3 aliphatic heterocycles. The summed E-state index contributed by atoms with van der Waals surface area (Å²) in [5.41, 5.74) is 0.864. The normalized spacial score (nSPS) is 24.2. The summed E-state index contributed by atoms with van der Waals surface area (Å²) in [6.07, 6.45) is 2.34. The zero-order chi connectivity index (χ0) is 24.8. The van der Waals surface area contributed by atoms with E-state index >= 15 is 0 Å². The Hall–Kier alpha value is -2.40. The van der Waals surface area contributed by atoms with Gasteiger partial charge in [-0.25, -0.2) is 5.06 Å². The van der Waals surface area contributed by atoms with E-state index < -0.39 is 11.9 Å². The highest BCUT2D eigenvalue weighted by Crippen LogP contribution is 2.43. The number of ether oxygens (including phenoxy) is 4. The lowest BCUT2D eigenvalue weighted by Crippen LogP contribution is -2.44. The monoisotopic (exact) mass is 492 g/mol. The highest BCUT2D eigenvalue weighted by Gasteiger charge is 2.47. The van der Waals surface area contributed by atoms with Crippen LogP contribution < -0.4 is 9.47 Å². The molecule has 3 atom stereocenters. The number of hydrogen-bond acceptors (Lipinski definition) is 8. The van der Waals surface area contributed by atoms with Crippen molar-refractivity contribution in [2.45, 2.75) is 57.8 Å². The Bertz CT molecular complexity index is 875. The van der Waals surface area contributed by atoms with Gasteiger partial charge >= 0.3 is 5.97 Å². The number of carbonyl (C=O) groups excluding carboxylic acids is 1. The van der Waals surface area contributed by atoms with Gasteiger partial charge in [-0.1, -0.05) is 19.9 Å². The lowest BCUT2D eigenvalue weighted by atomic mass is 9.83. The summed E-state index contributed by atoms with van der Waals surface area (Å²) in [5, 5.41) is 11.7. The van der Waals surface area contributed by atoms with Crippen molar-refractivity contribution in [1.82, 2.24) is 9.96 Å². The molecule has 1 unspecified atom stereocenters. The third-order valence-electron chi connectivity index (χ3n) is 6.74. The van der Waals surface area contributed by atoms with E-state index in [9.17, 15) is 14.7 Å². The average molecular weight is 493 g/mol. The summed E-state index contributed by atoms with van der Waals surface area (Å²) in [6, 6.07) is 5.23. The van der Waals surface area contributed by atoms with E-state index in [1.165, 1.54) is 5.06 Å². The number of likely N-dealkylation sites (tertiary alicyclic amines) is 1. The summed E-state index contributed by atoms with van der Waals surface area (Å²) < 4.78 is 22.1. The third-order valence-corrected chi connectivity index (χ3v) is 6.74. The van der Waals surface area contributed by atoms with E-state index in [4.69, 9.17) is 23.8 Å². The van der Waals surface area contributed by atoms with E-state index in [1.54, 1.807) is 0 Å². The van der Waals surface area contributed by atoms with Crippen LogP contribution in [-0.4, -0.2) is 85.5 Å². The first-order valence-corrected chi connectivity index (χ1v) is 12.5. The molecular weight excluding hydrogens is 456 g/mol. The van der Waals surface area contributed by atoms with Crippen molar-refractivity contribution in [3.63, 3.8) is 0 Å². The quantitative estimate of drug-likeness (QED) is 0.441. The lowest BCUT2D eigenvalue weighted by molar-refractivity contribution is -0.188. The number of rotatable bonds is 12. The highest BCUT2D eigenvalue weighted by atomic mass is 16.7. The van der Waals surface area contributed by atoms with E-state index in [0.717, 1.165) is 18.4 Å². The molecule has 1 aromatic carbocycles. The molecule has 3 heterocycles. The Labute approximate surface area is 206 Å². The maximum atomic E-state index is 13.2. The number of amides is 1. The van der Waals surface area contributed by atoms with Gasteiger partial charge < -0.3 is 24.1 Å².